The van der Waals surface area contributed by atoms with Crippen LogP contribution in [0.25, 0.3) is 0 Å². The Morgan fingerprint density at radius 1 is 1.35 bits per heavy atom. The highest BCUT2D eigenvalue weighted by Gasteiger charge is 2.04. The first-order valence-corrected chi connectivity index (χ1v) is 5.90. The van der Waals surface area contributed by atoms with Gasteiger partial charge in [0.05, 0.1) is 18.4 Å². The molecule has 0 bridgehead atoms. The Hall–Kier alpha value is -1.91. The molecule has 2 aromatic rings. The number of hydrogen-bond acceptors (Lipinski definition) is 4. The van der Waals surface area contributed by atoms with Gasteiger partial charge in [0.1, 0.15) is 5.82 Å². The van der Waals surface area contributed by atoms with Gasteiger partial charge in [0, 0.05) is 12.7 Å². The van der Waals surface area contributed by atoms with Crippen LogP contribution in [0.4, 0.5) is 5.82 Å². The maximum Gasteiger partial charge on any atom is 0.145 e. The molecule has 0 atom stereocenters. The van der Waals surface area contributed by atoms with Crippen LogP contribution < -0.4 is 5.32 Å². The predicted octanol–water partition coefficient (Wildman–Crippen LogP) is 1.87. The first kappa shape index (κ1) is 11.6. The van der Waals surface area contributed by atoms with Crippen molar-refractivity contribution >= 4 is 5.82 Å². The summed E-state index contributed by atoms with van der Waals surface area (Å²) < 4.78 is 1.83. The van der Waals surface area contributed by atoms with E-state index in [-0.39, 0.29) is 0 Å². The maximum absolute atomic E-state index is 4.39. The van der Waals surface area contributed by atoms with Gasteiger partial charge >= 0.3 is 0 Å². The summed E-state index contributed by atoms with van der Waals surface area (Å²) in [5.41, 5.74) is 2.36. The molecule has 0 aromatic carbocycles. The highest BCUT2D eigenvalue weighted by atomic mass is 15.4. The number of nitrogens with zero attached hydrogens (tertiary/aromatic N) is 4. The summed E-state index contributed by atoms with van der Waals surface area (Å²) in [4.78, 5) is 4.39. The van der Waals surface area contributed by atoms with E-state index in [4.69, 9.17) is 0 Å². The van der Waals surface area contributed by atoms with Crippen LogP contribution in [-0.2, 0) is 19.5 Å². The van der Waals surface area contributed by atoms with Crippen molar-refractivity contribution in [1.82, 2.24) is 20.0 Å². The van der Waals surface area contributed by atoms with Gasteiger partial charge in [0.15, 0.2) is 0 Å². The Morgan fingerprint density at radius 3 is 3.00 bits per heavy atom. The summed E-state index contributed by atoms with van der Waals surface area (Å²) in [6.07, 6.45) is 4.56. The second kappa shape index (κ2) is 5.43. The van der Waals surface area contributed by atoms with Gasteiger partial charge in [-0.15, -0.1) is 5.10 Å². The van der Waals surface area contributed by atoms with Gasteiger partial charge < -0.3 is 5.32 Å². The zero-order valence-electron chi connectivity index (χ0n) is 10.2. The monoisotopic (exact) mass is 231 g/mol. The van der Waals surface area contributed by atoms with Crippen molar-refractivity contribution in [1.29, 1.82) is 0 Å². The van der Waals surface area contributed by atoms with Gasteiger partial charge in [-0.1, -0.05) is 18.2 Å². The van der Waals surface area contributed by atoms with Crippen LogP contribution in [0.15, 0.2) is 24.5 Å². The van der Waals surface area contributed by atoms with Crippen LogP contribution in [0, 0.1) is 0 Å². The van der Waals surface area contributed by atoms with Crippen LogP contribution in [0.1, 0.15) is 25.1 Å². The fraction of sp³-hybridized carbons (Fsp3) is 0.417. The third-order valence-corrected chi connectivity index (χ3v) is 2.72. The average molecular weight is 231 g/mol. The van der Waals surface area contributed by atoms with E-state index in [1.807, 2.05) is 23.9 Å². The molecule has 0 saturated heterocycles. The summed E-state index contributed by atoms with van der Waals surface area (Å²) in [6, 6.07) is 4.08. The first-order valence-electron chi connectivity index (χ1n) is 5.90. The molecule has 5 heteroatoms. The van der Waals surface area contributed by atoms with Crippen molar-refractivity contribution in [2.45, 2.75) is 33.4 Å². The number of pyridine rings is 1. The Kier molecular flexibility index (Phi) is 3.69. The van der Waals surface area contributed by atoms with Crippen molar-refractivity contribution in [2.24, 2.45) is 0 Å². The van der Waals surface area contributed by atoms with Gasteiger partial charge in [0.2, 0.25) is 0 Å². The molecule has 0 amide bonds. The molecule has 5 nitrogen and oxygen atoms in total. The topological polar surface area (TPSA) is 55.6 Å². The summed E-state index contributed by atoms with van der Waals surface area (Å²) in [5, 5.41) is 11.2. The van der Waals surface area contributed by atoms with E-state index in [9.17, 15) is 0 Å². The van der Waals surface area contributed by atoms with Crippen molar-refractivity contribution in [3.63, 3.8) is 0 Å². The van der Waals surface area contributed by atoms with Crippen molar-refractivity contribution < 1.29 is 0 Å². The van der Waals surface area contributed by atoms with Gasteiger partial charge in [-0.25, -0.2) is 4.68 Å². The van der Waals surface area contributed by atoms with Gasteiger partial charge in [-0.2, -0.15) is 0 Å². The van der Waals surface area contributed by atoms with Gasteiger partial charge in [-0.05, 0) is 25.0 Å². The Bertz CT molecular complexity index is 477. The lowest BCUT2D eigenvalue weighted by Gasteiger charge is -2.09. The largest absolute Gasteiger partial charge is 0.363 e. The maximum atomic E-state index is 4.39. The summed E-state index contributed by atoms with van der Waals surface area (Å²) >= 11 is 0. The quantitative estimate of drug-likeness (QED) is 0.853. The average Bonchev–Trinajstić information content (AvgIpc) is 2.84. The number of anilines is 1. The van der Waals surface area contributed by atoms with Gasteiger partial charge in [-0.3, -0.25) is 4.98 Å². The number of nitrogens with one attached hydrogen (secondary N) is 1. The molecule has 17 heavy (non-hydrogen) atoms. The Labute approximate surface area is 101 Å². The summed E-state index contributed by atoms with van der Waals surface area (Å²) in [5.74, 6) is 0.931. The highest BCUT2D eigenvalue weighted by Crippen LogP contribution is 2.10. The smallest absolute Gasteiger partial charge is 0.145 e. The number of rotatable bonds is 5. The predicted molar refractivity (Wildman–Crippen MR) is 66.6 cm³/mol. The van der Waals surface area contributed by atoms with E-state index in [0.717, 1.165) is 24.5 Å². The fourth-order valence-electron chi connectivity index (χ4n) is 1.75. The summed E-state index contributed by atoms with van der Waals surface area (Å²) in [6.45, 7) is 5.69. The molecule has 0 aliphatic carbocycles. The van der Waals surface area contributed by atoms with Crippen LogP contribution in [-0.4, -0.2) is 20.0 Å². The molecular weight excluding hydrogens is 214 g/mol. The first-order chi connectivity index (χ1) is 8.35. The Morgan fingerprint density at radius 2 is 2.24 bits per heavy atom. The third-order valence-electron chi connectivity index (χ3n) is 2.72. The molecule has 2 heterocycles. The van der Waals surface area contributed by atoms with Gasteiger partial charge in [0.25, 0.3) is 0 Å². The number of aromatic nitrogens is 4. The molecule has 0 unspecified atom stereocenters. The molecule has 0 aliphatic rings. The second-order valence-electron chi connectivity index (χ2n) is 3.75. The normalized spacial score (nSPS) is 10.5. The molecule has 0 saturated carbocycles. The molecule has 1 N–H and O–H groups in total. The van der Waals surface area contributed by atoms with E-state index in [2.05, 4.69) is 33.6 Å². The third kappa shape index (κ3) is 2.61. The van der Waals surface area contributed by atoms with Crippen molar-refractivity contribution in [2.75, 3.05) is 5.32 Å². The lowest BCUT2D eigenvalue weighted by Crippen LogP contribution is -2.09. The molecule has 0 radical (unpaired) electrons. The zero-order valence-corrected chi connectivity index (χ0v) is 10.2. The Balaban J connectivity index is 2.07. The van der Waals surface area contributed by atoms with Crippen LogP contribution in [0.3, 0.4) is 0 Å². The minimum absolute atomic E-state index is 0.706. The molecule has 0 fully saturated rings. The van der Waals surface area contributed by atoms with Crippen LogP contribution >= 0.6 is 0 Å². The molecule has 0 spiro atoms. The molecule has 2 rings (SSSR count). The molecular formula is C12H17N5. The summed E-state index contributed by atoms with van der Waals surface area (Å²) in [7, 11) is 0. The second-order valence-corrected chi connectivity index (χ2v) is 3.75. The minimum atomic E-state index is 0.706. The molecule has 2 aromatic heterocycles. The molecule has 0 aliphatic heterocycles. The zero-order chi connectivity index (χ0) is 12.1. The van der Waals surface area contributed by atoms with E-state index < -0.39 is 0 Å². The van der Waals surface area contributed by atoms with E-state index >= 15 is 0 Å². The van der Waals surface area contributed by atoms with Crippen LogP contribution in [0.2, 0.25) is 0 Å². The van der Waals surface area contributed by atoms with E-state index in [0.29, 0.717) is 6.54 Å². The van der Waals surface area contributed by atoms with E-state index in [1.165, 1.54) is 5.56 Å². The number of hydrogen-bond donors (Lipinski definition) is 1. The minimum Gasteiger partial charge on any atom is -0.363 e. The van der Waals surface area contributed by atoms with E-state index in [1.54, 1.807) is 6.20 Å². The SMILES string of the molecule is CCc1cccnc1CNc1cnnn1CC. The highest BCUT2D eigenvalue weighted by molar-refractivity contribution is 5.33. The standard InChI is InChI=1S/C12H17N5/c1-3-10-6-5-7-13-11(10)8-14-12-9-15-16-17(12)4-2/h5-7,9,14H,3-4,8H2,1-2H3. The fourth-order valence-corrected chi connectivity index (χ4v) is 1.75. The van der Waals surface area contributed by atoms with Crippen LogP contribution in [0.5, 0.6) is 0 Å². The molecule has 90 valence electrons. The van der Waals surface area contributed by atoms with Crippen molar-refractivity contribution in [3.8, 4) is 0 Å². The lowest BCUT2D eigenvalue weighted by molar-refractivity contribution is 0.630. The lowest BCUT2D eigenvalue weighted by atomic mass is 10.1. The number of aryl methyl sites for hydroxylation is 2. The van der Waals surface area contributed by atoms with Crippen molar-refractivity contribution in [3.05, 3.63) is 35.8 Å².